The zero-order valence-electron chi connectivity index (χ0n) is 15.8. The van der Waals surface area contributed by atoms with Gasteiger partial charge in [-0.05, 0) is 12.3 Å². The second kappa shape index (κ2) is 9.03. The van der Waals surface area contributed by atoms with Crippen LogP contribution in [0.2, 0.25) is 0 Å². The summed E-state index contributed by atoms with van der Waals surface area (Å²) in [5.41, 5.74) is 0.600. The molecular weight excluding hydrogens is 360 g/mol. The number of carbonyl (C=O) groups is 2. The maximum Gasteiger partial charge on any atom is 0.249 e. The molecule has 0 saturated heterocycles. The third-order valence-electron chi connectivity index (χ3n) is 4.08. The summed E-state index contributed by atoms with van der Waals surface area (Å²) in [6.45, 7) is 4.07. The van der Waals surface area contributed by atoms with Crippen molar-refractivity contribution in [2.24, 2.45) is 5.92 Å². The van der Waals surface area contributed by atoms with Crippen molar-refractivity contribution in [2.45, 2.75) is 39.2 Å². The van der Waals surface area contributed by atoms with E-state index in [1.165, 1.54) is 6.33 Å². The zero-order valence-corrected chi connectivity index (χ0v) is 15.8. The topological polar surface area (TPSA) is 127 Å². The molecule has 0 bridgehead atoms. The summed E-state index contributed by atoms with van der Waals surface area (Å²) in [6.07, 6.45) is 2.20. The molecule has 0 spiro atoms. The predicted octanol–water partition coefficient (Wildman–Crippen LogP) is 2.72. The number of rotatable bonds is 9. The van der Waals surface area contributed by atoms with Crippen LogP contribution in [0.15, 0.2) is 41.2 Å². The molecule has 0 aliphatic carbocycles. The van der Waals surface area contributed by atoms with E-state index in [1.54, 1.807) is 24.3 Å². The first kappa shape index (κ1) is 19.4. The van der Waals surface area contributed by atoms with E-state index in [0.29, 0.717) is 23.7 Å². The highest BCUT2D eigenvalue weighted by Crippen LogP contribution is 2.22. The van der Waals surface area contributed by atoms with Crippen molar-refractivity contribution in [3.8, 4) is 11.6 Å². The highest BCUT2D eigenvalue weighted by Gasteiger charge is 2.23. The summed E-state index contributed by atoms with van der Waals surface area (Å²) in [5.74, 6) is 0.934. The summed E-state index contributed by atoms with van der Waals surface area (Å²) in [4.78, 5) is 32.9. The monoisotopic (exact) mass is 382 g/mol. The van der Waals surface area contributed by atoms with Crippen LogP contribution in [0.3, 0.4) is 0 Å². The number of nitrogens with one attached hydrogen (secondary N) is 2. The molecule has 2 aromatic heterocycles. The molecule has 9 heteroatoms. The minimum absolute atomic E-state index is 0.0680. The van der Waals surface area contributed by atoms with Gasteiger partial charge in [0.05, 0.1) is 0 Å². The van der Waals surface area contributed by atoms with Crippen LogP contribution in [0, 0.1) is 5.92 Å². The second-order valence-corrected chi connectivity index (χ2v) is 6.83. The van der Waals surface area contributed by atoms with Gasteiger partial charge in [-0.1, -0.05) is 49.3 Å². The van der Waals surface area contributed by atoms with Gasteiger partial charge < -0.3 is 9.84 Å². The average molecular weight is 382 g/mol. The van der Waals surface area contributed by atoms with Gasteiger partial charge in [0.1, 0.15) is 12.4 Å². The summed E-state index contributed by atoms with van der Waals surface area (Å²) in [7, 11) is 0. The van der Waals surface area contributed by atoms with Crippen LogP contribution >= 0.6 is 0 Å². The third kappa shape index (κ3) is 5.09. The Balaban J connectivity index is 1.62. The first-order chi connectivity index (χ1) is 13.5. The molecule has 1 aromatic carbocycles. The normalized spacial score (nSPS) is 12.1. The number of aromatic nitrogens is 5. The summed E-state index contributed by atoms with van der Waals surface area (Å²) in [5, 5.41) is 13.2. The quantitative estimate of drug-likeness (QED) is 0.545. The maximum absolute atomic E-state index is 12.4. The molecule has 0 fully saturated rings. The number of hydrogen-bond donors (Lipinski definition) is 2. The molecule has 0 radical (unpaired) electrons. The standard InChI is InChI=1S/C19H22N6O3/c1-12(2)10-14(19-23-18(25-28-19)17-20-11-21-24-17)22-16(27)9-8-15(26)13-6-4-3-5-7-13/h3-7,11-12,14H,8-10H2,1-2H3,(H,22,27)(H,20,21,24)/t14-/m0/s1. The average Bonchev–Trinajstić information content (AvgIpc) is 3.37. The summed E-state index contributed by atoms with van der Waals surface area (Å²) in [6, 6.07) is 8.48. The molecule has 146 valence electrons. The van der Waals surface area contributed by atoms with E-state index >= 15 is 0 Å². The molecule has 0 saturated carbocycles. The largest absolute Gasteiger partial charge is 0.344 e. The molecule has 1 amide bonds. The first-order valence-electron chi connectivity index (χ1n) is 9.10. The fourth-order valence-electron chi connectivity index (χ4n) is 2.74. The van der Waals surface area contributed by atoms with Crippen molar-refractivity contribution in [1.82, 2.24) is 30.6 Å². The second-order valence-electron chi connectivity index (χ2n) is 6.83. The van der Waals surface area contributed by atoms with E-state index in [9.17, 15) is 9.59 Å². The third-order valence-corrected chi connectivity index (χ3v) is 4.08. The van der Waals surface area contributed by atoms with Gasteiger partial charge in [-0.3, -0.25) is 14.7 Å². The first-order valence-corrected chi connectivity index (χ1v) is 9.10. The summed E-state index contributed by atoms with van der Waals surface area (Å²) < 4.78 is 5.32. The number of nitrogens with zero attached hydrogens (tertiary/aromatic N) is 4. The van der Waals surface area contributed by atoms with Gasteiger partial charge >= 0.3 is 0 Å². The van der Waals surface area contributed by atoms with Crippen molar-refractivity contribution in [3.63, 3.8) is 0 Å². The Bertz CT molecular complexity index is 905. The van der Waals surface area contributed by atoms with E-state index in [0.717, 1.165) is 0 Å². The van der Waals surface area contributed by atoms with Crippen LogP contribution in [0.4, 0.5) is 0 Å². The Morgan fingerprint density at radius 1 is 1.18 bits per heavy atom. The Labute approximate surface area is 162 Å². The van der Waals surface area contributed by atoms with Crippen molar-refractivity contribution in [2.75, 3.05) is 0 Å². The Hall–Kier alpha value is -3.36. The maximum atomic E-state index is 12.4. The van der Waals surface area contributed by atoms with Crippen molar-refractivity contribution in [3.05, 3.63) is 48.1 Å². The molecule has 2 N–H and O–H groups in total. The molecule has 1 atom stereocenters. The molecule has 0 unspecified atom stereocenters. The Morgan fingerprint density at radius 3 is 2.64 bits per heavy atom. The lowest BCUT2D eigenvalue weighted by Gasteiger charge is -2.17. The molecule has 0 aliphatic heterocycles. The SMILES string of the molecule is CC(C)C[C@H](NC(=O)CCC(=O)c1ccccc1)c1nc(-c2ncn[nH]2)no1. The number of amides is 1. The van der Waals surface area contributed by atoms with Crippen molar-refractivity contribution >= 4 is 11.7 Å². The van der Waals surface area contributed by atoms with Crippen LogP contribution in [-0.2, 0) is 4.79 Å². The lowest BCUT2D eigenvalue weighted by Crippen LogP contribution is -2.30. The van der Waals surface area contributed by atoms with E-state index in [-0.39, 0.29) is 36.3 Å². The number of benzene rings is 1. The molecule has 0 aliphatic rings. The number of carbonyl (C=O) groups excluding carboxylic acids is 2. The van der Waals surface area contributed by atoms with Crippen LogP contribution in [0.25, 0.3) is 11.6 Å². The number of Topliss-reactive ketones (excluding diaryl/α,β-unsaturated/α-hetero) is 1. The fourth-order valence-corrected chi connectivity index (χ4v) is 2.74. The number of ketones is 1. The number of H-pyrrole nitrogens is 1. The highest BCUT2D eigenvalue weighted by molar-refractivity contribution is 5.97. The lowest BCUT2D eigenvalue weighted by atomic mass is 10.0. The van der Waals surface area contributed by atoms with Crippen LogP contribution < -0.4 is 5.32 Å². The minimum atomic E-state index is -0.441. The minimum Gasteiger partial charge on any atom is -0.344 e. The van der Waals surface area contributed by atoms with Crippen LogP contribution in [0.1, 0.15) is 55.4 Å². The fraction of sp³-hybridized carbons (Fsp3) is 0.368. The molecule has 3 rings (SSSR count). The van der Waals surface area contributed by atoms with Gasteiger partial charge in [0.15, 0.2) is 11.6 Å². The van der Waals surface area contributed by atoms with Crippen molar-refractivity contribution < 1.29 is 14.1 Å². The molecule has 3 aromatic rings. The molecule has 2 heterocycles. The van der Waals surface area contributed by atoms with E-state index in [1.807, 2.05) is 19.9 Å². The number of aromatic amines is 1. The van der Waals surface area contributed by atoms with Gasteiger partial charge in [-0.25, -0.2) is 4.98 Å². The van der Waals surface area contributed by atoms with E-state index < -0.39 is 6.04 Å². The lowest BCUT2D eigenvalue weighted by molar-refractivity contribution is -0.122. The Kier molecular flexibility index (Phi) is 6.25. The van der Waals surface area contributed by atoms with E-state index in [2.05, 4.69) is 30.6 Å². The predicted molar refractivity (Wildman–Crippen MR) is 100 cm³/mol. The molecule has 28 heavy (non-hydrogen) atoms. The van der Waals surface area contributed by atoms with Gasteiger partial charge in [0.25, 0.3) is 0 Å². The van der Waals surface area contributed by atoms with Gasteiger partial charge in [0.2, 0.25) is 17.6 Å². The van der Waals surface area contributed by atoms with Gasteiger partial charge in [-0.15, -0.1) is 0 Å². The van der Waals surface area contributed by atoms with Gasteiger partial charge in [-0.2, -0.15) is 10.1 Å². The van der Waals surface area contributed by atoms with Crippen LogP contribution in [0.5, 0.6) is 0 Å². The smallest absolute Gasteiger partial charge is 0.249 e. The molecular formula is C19H22N6O3. The van der Waals surface area contributed by atoms with Crippen molar-refractivity contribution in [1.29, 1.82) is 0 Å². The van der Waals surface area contributed by atoms with Gasteiger partial charge in [0, 0.05) is 18.4 Å². The van der Waals surface area contributed by atoms with Crippen LogP contribution in [-0.4, -0.2) is 37.0 Å². The Morgan fingerprint density at radius 2 is 1.96 bits per heavy atom. The number of hydrogen-bond acceptors (Lipinski definition) is 7. The van der Waals surface area contributed by atoms with E-state index in [4.69, 9.17) is 4.52 Å². The molecule has 9 nitrogen and oxygen atoms in total. The zero-order chi connectivity index (χ0) is 19.9. The summed E-state index contributed by atoms with van der Waals surface area (Å²) >= 11 is 0. The highest BCUT2D eigenvalue weighted by atomic mass is 16.5.